The van der Waals surface area contributed by atoms with E-state index in [0.29, 0.717) is 0 Å². The van der Waals surface area contributed by atoms with E-state index in [-0.39, 0.29) is 0 Å². The molecular weight excluding hydrogens is 538 g/mol. The highest BCUT2D eigenvalue weighted by Gasteiger charge is 2.16. The van der Waals surface area contributed by atoms with Crippen LogP contribution in [0, 0.1) is 0 Å². The van der Waals surface area contributed by atoms with E-state index in [4.69, 9.17) is 4.74 Å². The van der Waals surface area contributed by atoms with Gasteiger partial charge in [0.05, 0.1) is 13.2 Å². The fraction of sp³-hybridized carbons (Fsp3) is 0.333. The van der Waals surface area contributed by atoms with Gasteiger partial charge in [-0.25, -0.2) is 0 Å². The number of benzene rings is 4. The Kier molecular flexibility index (Phi) is 13.5. The zero-order valence-electron chi connectivity index (χ0n) is 25.0. The van der Waals surface area contributed by atoms with Crippen molar-refractivity contribution in [2.75, 3.05) is 45.2 Å². The van der Waals surface area contributed by atoms with Crippen molar-refractivity contribution in [2.45, 2.75) is 33.9 Å². The lowest BCUT2D eigenvalue weighted by atomic mass is 10.2. The first-order valence-electron chi connectivity index (χ1n) is 15.1. The summed E-state index contributed by atoms with van der Waals surface area (Å²) in [5.41, 5.74) is 2.73. The molecule has 0 aliphatic heterocycles. The Balaban J connectivity index is 1.38. The van der Waals surface area contributed by atoms with E-state index < -0.39 is 15.8 Å². The molecule has 216 valence electrons. The Morgan fingerprint density at radius 1 is 0.561 bits per heavy atom. The monoisotopic (exact) mass is 584 g/mol. The molecule has 0 bridgehead atoms. The van der Waals surface area contributed by atoms with Crippen molar-refractivity contribution in [1.82, 2.24) is 10.2 Å². The number of nitrogens with one attached hydrogen (secondary N) is 1. The molecule has 0 aromatic heterocycles. The maximum atomic E-state index is 6.38. The number of ether oxygens (including phenoxy) is 1. The summed E-state index contributed by atoms with van der Waals surface area (Å²) < 4.78 is 6.38. The van der Waals surface area contributed by atoms with Gasteiger partial charge in [0.15, 0.2) is 0 Å². The minimum absolute atomic E-state index is 0.454. The number of rotatable bonds is 17. The quantitative estimate of drug-likeness (QED) is 0.118. The molecule has 4 aromatic carbocycles. The SMILES string of the molecule is CCNCc1ccc(P(CCOCCP(c2ccccc2)c2ccc(CN(CC)CC)cc2)c2ccccc2)cc1. The average Bonchev–Trinajstić information content (AvgIpc) is 3.04. The van der Waals surface area contributed by atoms with E-state index in [1.54, 1.807) is 0 Å². The maximum Gasteiger partial charge on any atom is 0.0511 e. The van der Waals surface area contributed by atoms with Crippen molar-refractivity contribution in [1.29, 1.82) is 0 Å². The average molecular weight is 585 g/mol. The molecule has 4 aromatic rings. The second-order valence-corrected chi connectivity index (χ2v) is 14.8. The fourth-order valence-corrected chi connectivity index (χ4v) is 9.33. The number of hydrogen-bond donors (Lipinski definition) is 1. The third kappa shape index (κ3) is 9.85. The van der Waals surface area contributed by atoms with Gasteiger partial charge in [0, 0.05) is 13.1 Å². The minimum atomic E-state index is -0.459. The summed E-state index contributed by atoms with van der Waals surface area (Å²) in [6, 6.07) is 40.5. The van der Waals surface area contributed by atoms with Crippen molar-refractivity contribution >= 4 is 37.1 Å². The summed E-state index contributed by atoms with van der Waals surface area (Å²) in [7, 11) is -0.913. The molecule has 41 heavy (non-hydrogen) atoms. The van der Waals surface area contributed by atoms with Gasteiger partial charge in [-0.2, -0.15) is 0 Å². The largest absolute Gasteiger partial charge is 0.381 e. The van der Waals surface area contributed by atoms with Gasteiger partial charge in [-0.15, -0.1) is 0 Å². The van der Waals surface area contributed by atoms with Crippen molar-refractivity contribution in [3.8, 4) is 0 Å². The highest BCUT2D eigenvalue weighted by atomic mass is 31.1. The third-order valence-electron chi connectivity index (χ3n) is 7.43. The maximum absolute atomic E-state index is 6.38. The Morgan fingerprint density at radius 3 is 1.44 bits per heavy atom. The molecule has 0 radical (unpaired) electrons. The summed E-state index contributed by atoms with van der Waals surface area (Å²) in [5.74, 6) is 0. The third-order valence-corrected chi connectivity index (χ3v) is 12.4. The predicted octanol–water partition coefficient (Wildman–Crippen LogP) is 6.22. The molecule has 0 fully saturated rings. The number of nitrogens with zero attached hydrogens (tertiary/aromatic N) is 1. The second kappa shape index (κ2) is 17.5. The highest BCUT2D eigenvalue weighted by molar-refractivity contribution is 7.73. The predicted molar refractivity (Wildman–Crippen MR) is 183 cm³/mol. The van der Waals surface area contributed by atoms with Crippen LogP contribution in [-0.2, 0) is 17.8 Å². The normalized spacial score (nSPS) is 12.9. The standard InChI is InChI=1S/C36H46N2OP2/c1-4-37-29-31-17-21-35(22-18-31)40(33-13-9-7-10-14-33)27-25-39-26-28-41(34-15-11-8-12-16-34)36-23-19-32(20-24-36)30-38(5-2)6-3/h7-24,37H,4-6,25-30H2,1-3H3. The summed E-state index contributed by atoms with van der Waals surface area (Å²) in [5, 5.41) is 9.12. The van der Waals surface area contributed by atoms with E-state index in [1.807, 2.05) is 0 Å². The van der Waals surface area contributed by atoms with Crippen LogP contribution in [0.5, 0.6) is 0 Å². The first kappa shape index (κ1) is 31.6. The smallest absolute Gasteiger partial charge is 0.0511 e. The summed E-state index contributed by atoms with van der Waals surface area (Å²) in [6.45, 7) is 13.3. The Hall–Kier alpha value is -2.38. The second-order valence-electron chi connectivity index (χ2n) is 10.2. The fourth-order valence-electron chi connectivity index (χ4n) is 4.99. The Labute approximate surface area is 250 Å². The molecule has 2 unspecified atom stereocenters. The molecule has 0 saturated heterocycles. The van der Waals surface area contributed by atoms with Gasteiger partial charge in [0.2, 0.25) is 0 Å². The van der Waals surface area contributed by atoms with Gasteiger partial charge in [0.1, 0.15) is 0 Å². The van der Waals surface area contributed by atoms with Crippen molar-refractivity contribution < 1.29 is 4.74 Å². The van der Waals surface area contributed by atoms with E-state index in [9.17, 15) is 0 Å². The number of hydrogen-bond acceptors (Lipinski definition) is 3. The molecule has 0 spiro atoms. The molecule has 3 nitrogen and oxygen atoms in total. The molecule has 0 amide bonds. The van der Waals surface area contributed by atoms with Crippen molar-refractivity contribution in [2.24, 2.45) is 0 Å². The van der Waals surface area contributed by atoms with Crippen LogP contribution in [-0.4, -0.2) is 50.1 Å². The van der Waals surface area contributed by atoms with Crippen LogP contribution in [0.4, 0.5) is 0 Å². The van der Waals surface area contributed by atoms with Crippen LogP contribution < -0.4 is 26.5 Å². The van der Waals surface area contributed by atoms with Gasteiger partial charge >= 0.3 is 0 Å². The van der Waals surface area contributed by atoms with Crippen LogP contribution in [0.15, 0.2) is 109 Å². The van der Waals surface area contributed by atoms with E-state index in [1.165, 1.54) is 32.3 Å². The van der Waals surface area contributed by atoms with Crippen molar-refractivity contribution in [3.05, 3.63) is 120 Å². The lowest BCUT2D eigenvalue weighted by molar-refractivity contribution is 0.166. The Morgan fingerprint density at radius 2 is 1.00 bits per heavy atom. The van der Waals surface area contributed by atoms with Crippen LogP contribution >= 0.6 is 15.8 Å². The zero-order chi connectivity index (χ0) is 28.7. The van der Waals surface area contributed by atoms with E-state index in [2.05, 4.69) is 140 Å². The molecule has 2 atom stereocenters. The minimum Gasteiger partial charge on any atom is -0.381 e. The van der Waals surface area contributed by atoms with Crippen molar-refractivity contribution in [3.63, 3.8) is 0 Å². The zero-order valence-corrected chi connectivity index (χ0v) is 26.8. The molecule has 0 heterocycles. The lowest BCUT2D eigenvalue weighted by Crippen LogP contribution is -2.22. The molecule has 1 N–H and O–H groups in total. The summed E-state index contributed by atoms with van der Waals surface area (Å²) >= 11 is 0. The van der Waals surface area contributed by atoms with Crippen LogP contribution in [0.3, 0.4) is 0 Å². The molecular formula is C36H46N2OP2. The van der Waals surface area contributed by atoms with Crippen LogP contribution in [0.1, 0.15) is 31.9 Å². The van der Waals surface area contributed by atoms with E-state index in [0.717, 1.165) is 58.3 Å². The first-order valence-corrected chi connectivity index (χ1v) is 18.1. The van der Waals surface area contributed by atoms with E-state index >= 15 is 0 Å². The Bertz CT molecular complexity index is 1250. The van der Waals surface area contributed by atoms with Gasteiger partial charge in [-0.1, -0.05) is 130 Å². The van der Waals surface area contributed by atoms with Gasteiger partial charge < -0.3 is 10.1 Å². The molecule has 0 saturated carbocycles. The first-order chi connectivity index (χ1) is 20.2. The summed E-state index contributed by atoms with van der Waals surface area (Å²) in [4.78, 5) is 2.46. The lowest BCUT2D eigenvalue weighted by Gasteiger charge is -2.22. The highest BCUT2D eigenvalue weighted by Crippen LogP contribution is 2.35. The van der Waals surface area contributed by atoms with Gasteiger partial charge in [0.25, 0.3) is 0 Å². The molecule has 4 rings (SSSR count). The molecule has 0 aliphatic rings. The molecule has 0 aliphatic carbocycles. The van der Waals surface area contributed by atoms with Gasteiger partial charge in [-0.3, -0.25) is 4.90 Å². The van der Waals surface area contributed by atoms with Gasteiger partial charge in [-0.05, 0) is 80.1 Å². The van der Waals surface area contributed by atoms with Crippen LogP contribution in [0.2, 0.25) is 0 Å². The molecule has 5 heteroatoms. The topological polar surface area (TPSA) is 24.5 Å². The van der Waals surface area contributed by atoms with Crippen LogP contribution in [0.25, 0.3) is 0 Å². The summed E-state index contributed by atoms with van der Waals surface area (Å²) in [6.07, 6.45) is 2.08.